The fourth-order valence-corrected chi connectivity index (χ4v) is 2.48. The van der Waals surface area contributed by atoms with Gasteiger partial charge in [-0.15, -0.1) is 0 Å². The Labute approximate surface area is 110 Å². The Hall–Kier alpha value is -1.12. The molecule has 2 aliphatic rings. The summed E-state index contributed by atoms with van der Waals surface area (Å²) in [5, 5.41) is 0. The number of hydrogen-bond acceptors (Lipinski definition) is 2. The SMILES string of the molecule is C1=C(c2ccccc2)CCC2(C1)OCCO2.CC. The first-order valence-electron chi connectivity index (χ1n) is 6.90. The van der Waals surface area contributed by atoms with Crippen LogP contribution < -0.4 is 0 Å². The maximum atomic E-state index is 5.70. The lowest BCUT2D eigenvalue weighted by molar-refractivity contribution is -0.159. The fraction of sp³-hybridized carbons (Fsp3) is 0.500. The van der Waals surface area contributed by atoms with Crippen LogP contribution in [-0.4, -0.2) is 19.0 Å². The largest absolute Gasteiger partial charge is 0.347 e. The minimum atomic E-state index is -0.293. The monoisotopic (exact) mass is 246 g/mol. The van der Waals surface area contributed by atoms with Crippen LogP contribution >= 0.6 is 0 Å². The lowest BCUT2D eigenvalue weighted by Gasteiger charge is -2.30. The van der Waals surface area contributed by atoms with Crippen LogP contribution in [-0.2, 0) is 9.47 Å². The molecule has 0 unspecified atom stereocenters. The molecule has 2 nitrogen and oxygen atoms in total. The van der Waals surface area contributed by atoms with Crippen LogP contribution in [0.2, 0.25) is 0 Å². The molecule has 0 atom stereocenters. The molecule has 1 saturated heterocycles. The van der Waals surface area contributed by atoms with Gasteiger partial charge in [-0.25, -0.2) is 0 Å². The van der Waals surface area contributed by atoms with Crippen molar-refractivity contribution in [1.82, 2.24) is 0 Å². The van der Waals surface area contributed by atoms with Crippen molar-refractivity contribution in [3.8, 4) is 0 Å². The maximum absolute atomic E-state index is 5.70. The van der Waals surface area contributed by atoms with Crippen molar-refractivity contribution in [3.63, 3.8) is 0 Å². The van der Waals surface area contributed by atoms with Gasteiger partial charge >= 0.3 is 0 Å². The Kier molecular flexibility index (Phi) is 4.56. The first kappa shape index (κ1) is 13.3. The quantitative estimate of drug-likeness (QED) is 0.745. The molecule has 1 aliphatic carbocycles. The summed E-state index contributed by atoms with van der Waals surface area (Å²) >= 11 is 0. The third kappa shape index (κ3) is 2.82. The molecule has 1 aromatic carbocycles. The molecule has 1 aliphatic heterocycles. The van der Waals surface area contributed by atoms with Crippen LogP contribution in [0.25, 0.3) is 5.57 Å². The number of ether oxygens (including phenoxy) is 2. The van der Waals surface area contributed by atoms with Gasteiger partial charge < -0.3 is 9.47 Å². The summed E-state index contributed by atoms with van der Waals surface area (Å²) in [6.45, 7) is 5.49. The fourth-order valence-electron chi connectivity index (χ4n) is 2.48. The lowest BCUT2D eigenvalue weighted by Crippen LogP contribution is -2.31. The second kappa shape index (κ2) is 6.17. The zero-order chi connectivity index (χ0) is 12.8. The molecule has 0 saturated carbocycles. The van der Waals surface area contributed by atoms with Gasteiger partial charge in [-0.3, -0.25) is 0 Å². The highest BCUT2D eigenvalue weighted by molar-refractivity contribution is 5.66. The van der Waals surface area contributed by atoms with Crippen molar-refractivity contribution >= 4 is 5.57 Å². The highest BCUT2D eigenvalue weighted by Gasteiger charge is 2.37. The van der Waals surface area contributed by atoms with Crippen molar-refractivity contribution in [3.05, 3.63) is 42.0 Å². The molecule has 0 radical (unpaired) electrons. The molecule has 3 rings (SSSR count). The molecule has 0 aromatic heterocycles. The molecule has 1 fully saturated rings. The summed E-state index contributed by atoms with van der Waals surface area (Å²) < 4.78 is 11.4. The summed E-state index contributed by atoms with van der Waals surface area (Å²) in [6, 6.07) is 10.6. The molecule has 0 amide bonds. The summed E-state index contributed by atoms with van der Waals surface area (Å²) in [5.74, 6) is -0.293. The molecular weight excluding hydrogens is 224 g/mol. The average Bonchev–Trinajstić information content (AvgIpc) is 2.91. The number of hydrogen-bond donors (Lipinski definition) is 0. The third-order valence-electron chi connectivity index (χ3n) is 3.39. The Bertz CT molecular complexity index is 389. The summed E-state index contributed by atoms with van der Waals surface area (Å²) in [6.07, 6.45) is 5.18. The van der Waals surface area contributed by atoms with E-state index in [9.17, 15) is 0 Å². The molecular formula is C16H22O2. The zero-order valence-corrected chi connectivity index (χ0v) is 11.3. The van der Waals surface area contributed by atoms with Crippen LogP contribution in [0, 0.1) is 0 Å². The van der Waals surface area contributed by atoms with Crippen LogP contribution in [0.1, 0.15) is 38.7 Å². The highest BCUT2D eigenvalue weighted by Crippen LogP contribution is 2.37. The lowest BCUT2D eigenvalue weighted by atomic mass is 9.90. The molecule has 18 heavy (non-hydrogen) atoms. The Morgan fingerprint density at radius 2 is 1.67 bits per heavy atom. The summed E-state index contributed by atoms with van der Waals surface area (Å²) in [4.78, 5) is 0. The van der Waals surface area contributed by atoms with Crippen LogP contribution in [0.15, 0.2) is 36.4 Å². The predicted octanol–water partition coefficient (Wildman–Crippen LogP) is 4.02. The second-order valence-corrected chi connectivity index (χ2v) is 4.41. The van der Waals surface area contributed by atoms with Gasteiger partial charge in [0, 0.05) is 12.8 Å². The zero-order valence-electron chi connectivity index (χ0n) is 11.3. The van der Waals surface area contributed by atoms with E-state index >= 15 is 0 Å². The maximum Gasteiger partial charge on any atom is 0.172 e. The summed E-state index contributed by atoms with van der Waals surface area (Å²) in [7, 11) is 0. The van der Waals surface area contributed by atoms with Crippen molar-refractivity contribution in [2.24, 2.45) is 0 Å². The van der Waals surface area contributed by atoms with Crippen molar-refractivity contribution in [2.75, 3.05) is 13.2 Å². The van der Waals surface area contributed by atoms with Crippen molar-refractivity contribution in [2.45, 2.75) is 38.9 Å². The Balaban J connectivity index is 0.000000574. The van der Waals surface area contributed by atoms with E-state index in [1.165, 1.54) is 11.1 Å². The van der Waals surface area contributed by atoms with Crippen LogP contribution in [0.4, 0.5) is 0 Å². The van der Waals surface area contributed by atoms with Crippen molar-refractivity contribution < 1.29 is 9.47 Å². The first-order valence-corrected chi connectivity index (χ1v) is 6.90. The molecule has 98 valence electrons. The third-order valence-corrected chi connectivity index (χ3v) is 3.39. The van der Waals surface area contributed by atoms with E-state index in [0.29, 0.717) is 0 Å². The van der Waals surface area contributed by atoms with E-state index < -0.39 is 0 Å². The number of allylic oxidation sites excluding steroid dienone is 1. The molecule has 2 heteroatoms. The topological polar surface area (TPSA) is 18.5 Å². The van der Waals surface area contributed by atoms with E-state index in [1.54, 1.807) is 0 Å². The van der Waals surface area contributed by atoms with Gasteiger partial charge in [0.05, 0.1) is 13.2 Å². The van der Waals surface area contributed by atoms with Crippen LogP contribution in [0.5, 0.6) is 0 Å². The number of rotatable bonds is 1. The van der Waals surface area contributed by atoms with E-state index in [-0.39, 0.29) is 5.79 Å². The Morgan fingerprint density at radius 3 is 2.22 bits per heavy atom. The van der Waals surface area contributed by atoms with E-state index in [2.05, 4.69) is 36.4 Å². The van der Waals surface area contributed by atoms with Crippen LogP contribution in [0.3, 0.4) is 0 Å². The molecule has 1 heterocycles. The minimum Gasteiger partial charge on any atom is -0.347 e. The van der Waals surface area contributed by atoms with Crippen molar-refractivity contribution in [1.29, 1.82) is 0 Å². The van der Waals surface area contributed by atoms with E-state index in [0.717, 1.165) is 32.5 Å². The first-order chi connectivity index (χ1) is 8.88. The van der Waals surface area contributed by atoms with Gasteiger partial charge in [0.25, 0.3) is 0 Å². The highest BCUT2D eigenvalue weighted by atomic mass is 16.7. The van der Waals surface area contributed by atoms with Gasteiger partial charge in [-0.1, -0.05) is 50.3 Å². The van der Waals surface area contributed by atoms with Gasteiger partial charge in [-0.05, 0) is 17.6 Å². The van der Waals surface area contributed by atoms with Gasteiger partial charge in [0.15, 0.2) is 5.79 Å². The number of benzene rings is 1. The summed E-state index contributed by atoms with van der Waals surface area (Å²) in [5.41, 5.74) is 2.75. The molecule has 1 spiro atoms. The average molecular weight is 246 g/mol. The second-order valence-electron chi connectivity index (χ2n) is 4.41. The molecule has 1 aromatic rings. The standard InChI is InChI=1S/C14H16O2.C2H6/c1-2-4-12(5-3-1)13-6-8-14(9-7-13)15-10-11-16-14;1-2/h1-6H,7-11H2;1-2H3. The predicted molar refractivity (Wildman–Crippen MR) is 74.3 cm³/mol. The Morgan fingerprint density at radius 1 is 1.00 bits per heavy atom. The van der Waals surface area contributed by atoms with Gasteiger partial charge in [0.2, 0.25) is 0 Å². The van der Waals surface area contributed by atoms with Gasteiger partial charge in [0.1, 0.15) is 0 Å². The van der Waals surface area contributed by atoms with E-state index in [4.69, 9.17) is 9.47 Å². The van der Waals surface area contributed by atoms with E-state index in [1.807, 2.05) is 13.8 Å². The molecule has 0 N–H and O–H groups in total. The smallest absolute Gasteiger partial charge is 0.172 e. The minimum absolute atomic E-state index is 0.293. The normalized spacial score (nSPS) is 21.1. The molecule has 0 bridgehead atoms. The van der Waals surface area contributed by atoms with Gasteiger partial charge in [-0.2, -0.15) is 0 Å².